The van der Waals surface area contributed by atoms with Gasteiger partial charge in [0.05, 0.1) is 16.1 Å². The van der Waals surface area contributed by atoms with Crippen LogP contribution >= 0.6 is 11.6 Å². The normalized spacial score (nSPS) is 14.5. The molecule has 0 radical (unpaired) electrons. The molecule has 220 valence electrons. The average molecular weight is 615 g/mol. The first-order chi connectivity index (χ1) is 18.1. The van der Waals surface area contributed by atoms with E-state index in [0.717, 1.165) is 6.92 Å². The fourth-order valence-corrected chi connectivity index (χ4v) is 3.40. The molecule has 0 aromatic heterocycles. The molecule has 0 bridgehead atoms. The molecule has 4 nitrogen and oxygen atoms in total. The van der Waals surface area contributed by atoms with Crippen LogP contribution in [0.25, 0.3) is 5.83 Å². The number of allylic oxidation sites excluding steroid dienone is 1. The van der Waals surface area contributed by atoms with Gasteiger partial charge in [-0.3, -0.25) is 9.59 Å². The Balaban J connectivity index is 2.45. The highest BCUT2D eigenvalue weighted by Gasteiger charge is 2.41. The van der Waals surface area contributed by atoms with Crippen molar-refractivity contribution in [3.63, 3.8) is 0 Å². The summed E-state index contributed by atoms with van der Waals surface area (Å²) in [6.07, 6.45) is -15.8. The van der Waals surface area contributed by atoms with Crippen molar-refractivity contribution in [1.82, 2.24) is 10.6 Å². The molecule has 2 rings (SSSR count). The third kappa shape index (κ3) is 8.53. The van der Waals surface area contributed by atoms with E-state index in [0.29, 0.717) is 18.2 Å². The second kappa shape index (κ2) is 12.0. The van der Waals surface area contributed by atoms with Gasteiger partial charge in [-0.15, -0.1) is 0 Å². The topological polar surface area (TPSA) is 58.2 Å². The van der Waals surface area contributed by atoms with Crippen LogP contribution in [0.4, 0.5) is 52.7 Å². The summed E-state index contributed by atoms with van der Waals surface area (Å²) >= 11 is 5.34. The second-order valence-corrected chi connectivity index (χ2v) is 8.53. The number of amides is 2. The molecule has 2 aromatic rings. The van der Waals surface area contributed by atoms with Crippen molar-refractivity contribution >= 4 is 29.2 Å². The van der Waals surface area contributed by atoms with Gasteiger partial charge in [-0.25, -0.2) is 13.2 Å². The number of halogens is 13. The van der Waals surface area contributed by atoms with Crippen LogP contribution in [0, 0.1) is 11.6 Å². The van der Waals surface area contributed by atoms with E-state index in [1.165, 1.54) is 5.32 Å². The summed E-state index contributed by atoms with van der Waals surface area (Å²) in [5, 5.41) is 2.05. The minimum absolute atomic E-state index is 0.0270. The van der Waals surface area contributed by atoms with E-state index in [1.54, 1.807) is 5.32 Å². The minimum atomic E-state index is -5.40. The molecule has 2 N–H and O–H groups in total. The Labute approximate surface area is 222 Å². The Bertz CT molecular complexity index is 1280. The molecular formula is C23H15ClF12N2O2. The van der Waals surface area contributed by atoms with Crippen molar-refractivity contribution in [3.8, 4) is 0 Å². The van der Waals surface area contributed by atoms with Crippen molar-refractivity contribution in [2.45, 2.75) is 37.4 Å². The van der Waals surface area contributed by atoms with Crippen LogP contribution in [0.1, 0.15) is 39.9 Å². The lowest BCUT2D eigenvalue weighted by Gasteiger charge is -2.19. The van der Waals surface area contributed by atoms with E-state index in [-0.39, 0.29) is 18.2 Å². The highest BCUT2D eigenvalue weighted by molar-refractivity contribution is 6.30. The summed E-state index contributed by atoms with van der Waals surface area (Å²) in [5.74, 6) is -11.4. The third-order valence-electron chi connectivity index (χ3n) is 5.08. The van der Waals surface area contributed by atoms with Crippen molar-refractivity contribution in [2.24, 2.45) is 0 Å². The van der Waals surface area contributed by atoms with E-state index in [2.05, 4.69) is 0 Å². The first kappa shape index (κ1) is 32.8. The lowest BCUT2D eigenvalue weighted by molar-refractivity contribution is -0.140. The van der Waals surface area contributed by atoms with E-state index < -0.39 is 93.6 Å². The molecule has 40 heavy (non-hydrogen) atoms. The zero-order chi connectivity index (χ0) is 30.8. The van der Waals surface area contributed by atoms with Crippen LogP contribution in [0.15, 0.2) is 36.4 Å². The maximum absolute atomic E-state index is 14.8. The molecule has 17 heteroatoms. The van der Waals surface area contributed by atoms with Crippen molar-refractivity contribution in [3.05, 3.63) is 75.3 Å². The van der Waals surface area contributed by atoms with Crippen LogP contribution in [0.3, 0.4) is 0 Å². The van der Waals surface area contributed by atoms with Gasteiger partial charge in [0.15, 0.2) is 11.6 Å². The van der Waals surface area contributed by atoms with Crippen LogP contribution in [0.2, 0.25) is 5.02 Å². The van der Waals surface area contributed by atoms with Crippen molar-refractivity contribution in [2.75, 3.05) is 6.54 Å². The fourth-order valence-electron chi connectivity index (χ4n) is 3.18. The predicted octanol–water partition coefficient (Wildman–Crippen LogP) is 7.09. The maximum atomic E-state index is 14.8. The molecule has 0 spiro atoms. The number of rotatable bonds is 7. The standard InChI is InChI=1S/C23H15ClF12N2O2/c1-9(19(39)37-8-21(28,29)30)38-20(40)12-3-2-10(4-14(12)23(34,35)36)16(25)7-13(22(31,32)33)11-5-15(24)18(27)17(26)6-11/h2-7,9,13H,8H2,1H3,(H,37,39)(H,38,40)/b16-7-. The number of hydrogen-bond donors (Lipinski definition) is 2. The average Bonchev–Trinajstić information content (AvgIpc) is 2.81. The van der Waals surface area contributed by atoms with Crippen LogP contribution < -0.4 is 10.6 Å². The van der Waals surface area contributed by atoms with Gasteiger partial charge in [0, 0.05) is 5.56 Å². The smallest absolute Gasteiger partial charge is 0.345 e. The summed E-state index contributed by atoms with van der Waals surface area (Å²) in [6.45, 7) is -0.939. The van der Waals surface area contributed by atoms with Gasteiger partial charge in [0.2, 0.25) is 5.91 Å². The molecule has 0 saturated heterocycles. The first-order valence-electron chi connectivity index (χ1n) is 10.6. The monoisotopic (exact) mass is 614 g/mol. The van der Waals surface area contributed by atoms with Gasteiger partial charge in [0.1, 0.15) is 24.3 Å². The highest BCUT2D eigenvalue weighted by Crippen LogP contribution is 2.41. The van der Waals surface area contributed by atoms with Crippen LogP contribution in [-0.2, 0) is 11.0 Å². The summed E-state index contributed by atoms with van der Waals surface area (Å²) in [6, 6.07) is -0.524. The molecule has 0 saturated carbocycles. The Morgan fingerprint density at radius 2 is 1.57 bits per heavy atom. The number of carbonyl (C=O) groups is 2. The molecule has 2 amide bonds. The quantitative estimate of drug-likeness (QED) is 0.259. The van der Waals surface area contributed by atoms with Gasteiger partial charge in [-0.1, -0.05) is 17.7 Å². The van der Waals surface area contributed by atoms with E-state index >= 15 is 0 Å². The zero-order valence-corrected chi connectivity index (χ0v) is 20.3. The number of carbonyl (C=O) groups excluding carboxylic acids is 2. The lowest BCUT2D eigenvalue weighted by Crippen LogP contribution is -2.47. The Kier molecular flexibility index (Phi) is 9.82. The Morgan fingerprint density at radius 3 is 2.08 bits per heavy atom. The molecule has 2 unspecified atom stereocenters. The zero-order valence-electron chi connectivity index (χ0n) is 19.6. The van der Waals surface area contributed by atoms with E-state index in [4.69, 9.17) is 11.6 Å². The predicted molar refractivity (Wildman–Crippen MR) is 117 cm³/mol. The van der Waals surface area contributed by atoms with Crippen LogP contribution in [-0.4, -0.2) is 36.8 Å². The number of alkyl halides is 9. The van der Waals surface area contributed by atoms with Gasteiger partial charge in [-0.2, -0.15) is 39.5 Å². The SMILES string of the molecule is CC(NC(=O)c1ccc(/C(F)=C/C(c2cc(F)c(F)c(Cl)c2)C(F)(F)F)cc1C(F)(F)F)C(=O)NCC(F)(F)F. The molecule has 0 heterocycles. The van der Waals surface area contributed by atoms with Gasteiger partial charge >= 0.3 is 18.5 Å². The van der Waals surface area contributed by atoms with E-state index in [1.807, 2.05) is 0 Å². The summed E-state index contributed by atoms with van der Waals surface area (Å²) < 4.78 is 160. The number of hydrogen-bond acceptors (Lipinski definition) is 2. The molecule has 2 aromatic carbocycles. The van der Waals surface area contributed by atoms with Gasteiger partial charge in [0.25, 0.3) is 5.91 Å². The maximum Gasteiger partial charge on any atom is 0.417 e. The Morgan fingerprint density at radius 1 is 0.975 bits per heavy atom. The summed E-state index contributed by atoms with van der Waals surface area (Å²) in [7, 11) is 0. The number of nitrogens with one attached hydrogen (secondary N) is 2. The lowest BCUT2D eigenvalue weighted by atomic mass is 9.95. The second-order valence-electron chi connectivity index (χ2n) is 8.12. The Hall–Kier alpha value is -3.43. The number of benzene rings is 2. The molecule has 0 aliphatic carbocycles. The first-order valence-corrected chi connectivity index (χ1v) is 10.9. The highest BCUT2D eigenvalue weighted by atomic mass is 35.5. The van der Waals surface area contributed by atoms with Crippen molar-refractivity contribution < 1.29 is 62.3 Å². The van der Waals surface area contributed by atoms with Crippen molar-refractivity contribution in [1.29, 1.82) is 0 Å². The van der Waals surface area contributed by atoms with Gasteiger partial charge in [-0.05, 0) is 42.8 Å². The minimum Gasteiger partial charge on any atom is -0.345 e. The molecule has 0 fully saturated rings. The fraction of sp³-hybridized carbons (Fsp3) is 0.304. The molecule has 2 atom stereocenters. The largest absolute Gasteiger partial charge is 0.417 e. The third-order valence-corrected chi connectivity index (χ3v) is 5.36. The van der Waals surface area contributed by atoms with E-state index in [9.17, 15) is 62.3 Å². The molecule has 0 aliphatic heterocycles. The summed E-state index contributed by atoms with van der Waals surface area (Å²) in [5.41, 5.74) is -5.29. The van der Waals surface area contributed by atoms with Gasteiger partial charge < -0.3 is 10.6 Å². The summed E-state index contributed by atoms with van der Waals surface area (Å²) in [4.78, 5) is 24.0. The van der Waals surface area contributed by atoms with Crippen LogP contribution in [0.5, 0.6) is 0 Å². The molecular weight excluding hydrogens is 600 g/mol. The molecule has 0 aliphatic rings.